The lowest BCUT2D eigenvalue weighted by atomic mass is 10.1. The Balaban J connectivity index is 2.53. The fourth-order valence-electron chi connectivity index (χ4n) is 1.63. The number of benzene rings is 1. The number of halogens is 2. The van der Waals surface area contributed by atoms with Crippen molar-refractivity contribution in [3.63, 3.8) is 0 Å². The molecule has 1 aromatic rings. The number of hydrogen-bond acceptors (Lipinski definition) is 2. The molecule has 0 saturated carbocycles. The van der Waals surface area contributed by atoms with E-state index in [0.717, 1.165) is 12.1 Å². The maximum Gasteiger partial charge on any atom is 0.233 e. The minimum atomic E-state index is -0.989. The van der Waals surface area contributed by atoms with Crippen molar-refractivity contribution in [3.05, 3.63) is 23.8 Å². The van der Waals surface area contributed by atoms with Gasteiger partial charge in [0.2, 0.25) is 5.91 Å². The Morgan fingerprint density at radius 3 is 2.69 bits per heavy atom. The molecule has 1 aliphatic heterocycles. The summed E-state index contributed by atoms with van der Waals surface area (Å²) in [6, 6.07) is 1.94. The zero-order valence-electron chi connectivity index (χ0n) is 8.96. The number of fused-ring (bicyclic) bond motifs is 1. The zero-order chi connectivity index (χ0) is 11.9. The van der Waals surface area contributed by atoms with Gasteiger partial charge in [-0.2, -0.15) is 0 Å². The van der Waals surface area contributed by atoms with Crippen LogP contribution >= 0.6 is 0 Å². The Labute approximate surface area is 91.6 Å². The van der Waals surface area contributed by atoms with Crippen LogP contribution in [0.5, 0.6) is 5.75 Å². The molecule has 1 heterocycles. The highest BCUT2D eigenvalue weighted by molar-refractivity contribution is 5.96. The standard InChI is InChI=1S/C11H11F2NO2/c1-6-5-16-10-4-8(13)7(12)3-9(10)14(2)11(6)15/h3-4,6H,5H2,1-2H3. The van der Waals surface area contributed by atoms with E-state index < -0.39 is 11.6 Å². The molecule has 0 radical (unpaired) electrons. The first-order valence-electron chi connectivity index (χ1n) is 4.90. The molecule has 0 fully saturated rings. The van der Waals surface area contributed by atoms with Gasteiger partial charge < -0.3 is 9.64 Å². The van der Waals surface area contributed by atoms with Crippen LogP contribution < -0.4 is 9.64 Å². The van der Waals surface area contributed by atoms with Gasteiger partial charge in [-0.05, 0) is 0 Å². The van der Waals surface area contributed by atoms with Crippen LogP contribution in [0.2, 0.25) is 0 Å². The highest BCUT2D eigenvalue weighted by Gasteiger charge is 2.27. The van der Waals surface area contributed by atoms with Crippen molar-refractivity contribution in [1.29, 1.82) is 0 Å². The maximum atomic E-state index is 13.1. The molecule has 1 unspecified atom stereocenters. The fourth-order valence-corrected chi connectivity index (χ4v) is 1.63. The van der Waals surface area contributed by atoms with Crippen molar-refractivity contribution in [2.45, 2.75) is 6.92 Å². The van der Waals surface area contributed by atoms with Crippen LogP contribution in [0.4, 0.5) is 14.5 Å². The van der Waals surface area contributed by atoms with Crippen molar-refractivity contribution in [1.82, 2.24) is 0 Å². The van der Waals surface area contributed by atoms with Gasteiger partial charge in [-0.3, -0.25) is 4.79 Å². The Hall–Kier alpha value is -1.65. The lowest BCUT2D eigenvalue weighted by Crippen LogP contribution is -2.31. The number of carbonyl (C=O) groups is 1. The number of amides is 1. The third kappa shape index (κ3) is 1.62. The Bertz CT molecular complexity index is 448. The van der Waals surface area contributed by atoms with E-state index in [1.165, 1.54) is 11.9 Å². The van der Waals surface area contributed by atoms with E-state index in [9.17, 15) is 13.6 Å². The van der Waals surface area contributed by atoms with Gasteiger partial charge in [-0.25, -0.2) is 8.78 Å². The normalized spacial score (nSPS) is 20.1. The highest BCUT2D eigenvalue weighted by atomic mass is 19.2. The average molecular weight is 227 g/mol. The molecule has 16 heavy (non-hydrogen) atoms. The molecular formula is C11H11F2NO2. The van der Waals surface area contributed by atoms with Gasteiger partial charge in [-0.1, -0.05) is 6.92 Å². The first kappa shape index (κ1) is 10.9. The van der Waals surface area contributed by atoms with Crippen molar-refractivity contribution < 1.29 is 18.3 Å². The second-order valence-corrected chi connectivity index (χ2v) is 3.84. The molecule has 5 heteroatoms. The number of rotatable bonds is 0. The van der Waals surface area contributed by atoms with Crippen molar-refractivity contribution in [2.75, 3.05) is 18.6 Å². The van der Waals surface area contributed by atoms with Gasteiger partial charge in [-0.15, -0.1) is 0 Å². The second kappa shape index (κ2) is 3.73. The number of carbonyl (C=O) groups excluding carboxylic acids is 1. The number of anilines is 1. The van der Waals surface area contributed by atoms with Gasteiger partial charge in [0.1, 0.15) is 5.75 Å². The first-order valence-corrected chi connectivity index (χ1v) is 4.90. The minimum Gasteiger partial charge on any atom is -0.490 e. The maximum absolute atomic E-state index is 13.1. The summed E-state index contributed by atoms with van der Waals surface area (Å²) >= 11 is 0. The SMILES string of the molecule is CC1COc2cc(F)c(F)cc2N(C)C1=O. The van der Waals surface area contributed by atoms with Crippen LogP contribution in [0.25, 0.3) is 0 Å². The van der Waals surface area contributed by atoms with Crippen LogP contribution in [-0.2, 0) is 4.79 Å². The summed E-state index contributed by atoms with van der Waals surface area (Å²) < 4.78 is 31.3. The van der Waals surface area contributed by atoms with Crippen LogP contribution in [0, 0.1) is 17.6 Å². The van der Waals surface area contributed by atoms with Gasteiger partial charge >= 0.3 is 0 Å². The van der Waals surface area contributed by atoms with Crippen molar-refractivity contribution in [2.24, 2.45) is 5.92 Å². The molecule has 0 aromatic heterocycles. The molecule has 1 amide bonds. The molecule has 0 aliphatic carbocycles. The van der Waals surface area contributed by atoms with E-state index >= 15 is 0 Å². The summed E-state index contributed by atoms with van der Waals surface area (Å²) in [5.74, 6) is -2.28. The number of ether oxygens (including phenoxy) is 1. The van der Waals surface area contributed by atoms with Gasteiger partial charge in [0.05, 0.1) is 18.2 Å². The summed E-state index contributed by atoms with van der Waals surface area (Å²) in [5.41, 5.74) is 0.258. The smallest absolute Gasteiger partial charge is 0.233 e. The third-order valence-corrected chi connectivity index (χ3v) is 2.60. The predicted molar refractivity (Wildman–Crippen MR) is 54.4 cm³/mol. The lowest BCUT2D eigenvalue weighted by molar-refractivity contribution is -0.122. The van der Waals surface area contributed by atoms with Crippen molar-refractivity contribution in [3.8, 4) is 5.75 Å². The molecule has 0 bridgehead atoms. The highest BCUT2D eigenvalue weighted by Crippen LogP contribution is 2.33. The molecule has 0 saturated heterocycles. The van der Waals surface area contributed by atoms with E-state index in [1.807, 2.05) is 0 Å². The first-order chi connectivity index (χ1) is 7.50. The molecule has 0 N–H and O–H groups in total. The zero-order valence-corrected chi connectivity index (χ0v) is 8.96. The molecule has 1 aromatic carbocycles. The summed E-state index contributed by atoms with van der Waals surface area (Å²) in [6.07, 6.45) is 0. The van der Waals surface area contributed by atoms with Gasteiger partial charge in [0, 0.05) is 19.2 Å². The average Bonchev–Trinajstić information content (AvgIpc) is 2.35. The molecule has 1 aliphatic rings. The lowest BCUT2D eigenvalue weighted by Gasteiger charge is -2.17. The van der Waals surface area contributed by atoms with E-state index in [1.54, 1.807) is 6.92 Å². The fraction of sp³-hybridized carbons (Fsp3) is 0.364. The molecule has 0 spiro atoms. The molecule has 1 atom stereocenters. The van der Waals surface area contributed by atoms with Crippen LogP contribution in [0.15, 0.2) is 12.1 Å². The number of hydrogen-bond donors (Lipinski definition) is 0. The Kier molecular flexibility index (Phi) is 2.53. The topological polar surface area (TPSA) is 29.5 Å². The summed E-state index contributed by atoms with van der Waals surface area (Å²) in [7, 11) is 1.52. The van der Waals surface area contributed by atoms with Crippen LogP contribution in [0.3, 0.4) is 0 Å². The van der Waals surface area contributed by atoms with E-state index in [4.69, 9.17) is 4.74 Å². The van der Waals surface area contributed by atoms with Crippen LogP contribution in [0.1, 0.15) is 6.92 Å². The quantitative estimate of drug-likeness (QED) is 0.678. The Morgan fingerprint density at radius 1 is 1.38 bits per heavy atom. The summed E-state index contributed by atoms with van der Waals surface area (Å²) in [5, 5.41) is 0. The Morgan fingerprint density at radius 2 is 2.00 bits per heavy atom. The van der Waals surface area contributed by atoms with E-state index in [2.05, 4.69) is 0 Å². The van der Waals surface area contributed by atoms with E-state index in [0.29, 0.717) is 0 Å². The third-order valence-electron chi connectivity index (χ3n) is 2.60. The van der Waals surface area contributed by atoms with Gasteiger partial charge in [0.15, 0.2) is 11.6 Å². The van der Waals surface area contributed by atoms with Gasteiger partial charge in [0.25, 0.3) is 0 Å². The summed E-state index contributed by atoms with van der Waals surface area (Å²) in [6.45, 7) is 1.87. The van der Waals surface area contributed by atoms with Crippen LogP contribution in [-0.4, -0.2) is 19.6 Å². The van der Waals surface area contributed by atoms with Crippen molar-refractivity contribution >= 4 is 11.6 Å². The predicted octanol–water partition coefficient (Wildman–Crippen LogP) is 1.96. The molecule has 2 rings (SSSR count). The summed E-state index contributed by atoms with van der Waals surface area (Å²) in [4.78, 5) is 13.0. The molecule has 86 valence electrons. The minimum absolute atomic E-state index is 0.168. The second-order valence-electron chi connectivity index (χ2n) is 3.84. The monoisotopic (exact) mass is 227 g/mol. The molecule has 3 nitrogen and oxygen atoms in total. The van der Waals surface area contributed by atoms with E-state index in [-0.39, 0.29) is 29.9 Å². The largest absolute Gasteiger partial charge is 0.490 e. The number of nitrogens with zero attached hydrogens (tertiary/aromatic N) is 1. The molecular weight excluding hydrogens is 216 g/mol.